The Labute approximate surface area is 195 Å². The lowest BCUT2D eigenvalue weighted by Crippen LogP contribution is -2.36. The standard InChI is InChI=1S/C22H26N8O2S/c1-22(2,3)26-6-4-8-30-20-18(19(23)24-11-25-20)28-21(30)33-17-10-16-15(31-12-32-16)9-13(17)14-5-7-27-29-14/h5,7,9-11,26H,4,6,8,12H2,1-3H3,(H,27,29)(H2,23,24,25). The maximum atomic E-state index is 6.13. The van der Waals surface area contributed by atoms with Crippen LogP contribution in [-0.4, -0.2) is 48.6 Å². The molecular weight excluding hydrogens is 440 g/mol. The van der Waals surface area contributed by atoms with Gasteiger partial charge in [0.05, 0.1) is 5.69 Å². The summed E-state index contributed by atoms with van der Waals surface area (Å²) < 4.78 is 13.3. The van der Waals surface area contributed by atoms with Crippen LogP contribution >= 0.6 is 11.8 Å². The number of hydrogen-bond acceptors (Lipinski definition) is 9. The van der Waals surface area contributed by atoms with E-state index in [4.69, 9.17) is 20.2 Å². The van der Waals surface area contributed by atoms with Crippen LogP contribution in [0.2, 0.25) is 0 Å². The van der Waals surface area contributed by atoms with Gasteiger partial charge in [-0.15, -0.1) is 0 Å². The first-order valence-corrected chi connectivity index (χ1v) is 11.5. The number of rotatable bonds is 7. The molecule has 0 amide bonds. The average Bonchev–Trinajstić information content (AvgIpc) is 3.51. The van der Waals surface area contributed by atoms with Crippen LogP contribution in [0, 0.1) is 0 Å². The van der Waals surface area contributed by atoms with Crippen molar-refractivity contribution >= 4 is 28.7 Å². The molecule has 0 unspecified atom stereocenters. The highest BCUT2D eigenvalue weighted by molar-refractivity contribution is 7.99. The Morgan fingerprint density at radius 3 is 2.79 bits per heavy atom. The summed E-state index contributed by atoms with van der Waals surface area (Å²) in [5.74, 6) is 1.78. The van der Waals surface area contributed by atoms with Crippen molar-refractivity contribution in [3.05, 3.63) is 30.7 Å². The lowest BCUT2D eigenvalue weighted by Gasteiger charge is -2.20. The molecule has 33 heavy (non-hydrogen) atoms. The van der Waals surface area contributed by atoms with Crippen molar-refractivity contribution in [1.82, 2.24) is 35.0 Å². The number of nitrogen functional groups attached to an aromatic ring is 1. The molecule has 10 nitrogen and oxygen atoms in total. The predicted octanol–water partition coefficient (Wildman–Crippen LogP) is 3.46. The van der Waals surface area contributed by atoms with E-state index in [1.165, 1.54) is 18.1 Å². The topological polar surface area (TPSA) is 129 Å². The average molecular weight is 467 g/mol. The third-order valence-electron chi connectivity index (χ3n) is 5.21. The van der Waals surface area contributed by atoms with Gasteiger partial charge in [0.25, 0.3) is 0 Å². The molecule has 4 heterocycles. The predicted molar refractivity (Wildman–Crippen MR) is 126 cm³/mol. The molecule has 11 heteroatoms. The largest absolute Gasteiger partial charge is 0.454 e. The summed E-state index contributed by atoms with van der Waals surface area (Å²) in [6.45, 7) is 8.29. The van der Waals surface area contributed by atoms with Gasteiger partial charge in [-0.1, -0.05) is 11.8 Å². The fraction of sp³-hybridized carbons (Fsp3) is 0.364. The number of nitrogens with two attached hydrogens (primary N) is 1. The molecule has 5 rings (SSSR count). The molecule has 0 saturated carbocycles. The van der Waals surface area contributed by atoms with Crippen molar-refractivity contribution in [3.63, 3.8) is 0 Å². The maximum absolute atomic E-state index is 6.13. The van der Waals surface area contributed by atoms with E-state index in [0.717, 1.165) is 46.5 Å². The van der Waals surface area contributed by atoms with E-state index < -0.39 is 0 Å². The van der Waals surface area contributed by atoms with Gasteiger partial charge in [-0.25, -0.2) is 15.0 Å². The number of fused-ring (bicyclic) bond motifs is 2. The van der Waals surface area contributed by atoms with Crippen molar-refractivity contribution in [2.24, 2.45) is 0 Å². The van der Waals surface area contributed by atoms with Gasteiger partial charge < -0.3 is 25.1 Å². The van der Waals surface area contributed by atoms with Crippen LogP contribution in [0.4, 0.5) is 5.82 Å². The van der Waals surface area contributed by atoms with Crippen LogP contribution < -0.4 is 20.5 Å². The first-order valence-electron chi connectivity index (χ1n) is 10.7. The first-order chi connectivity index (χ1) is 15.9. The van der Waals surface area contributed by atoms with E-state index in [1.54, 1.807) is 6.20 Å². The van der Waals surface area contributed by atoms with E-state index >= 15 is 0 Å². The summed E-state index contributed by atoms with van der Waals surface area (Å²) in [6, 6.07) is 5.86. The minimum absolute atomic E-state index is 0.0622. The first kappa shape index (κ1) is 21.5. The summed E-state index contributed by atoms with van der Waals surface area (Å²) in [5, 5.41) is 11.5. The molecule has 0 saturated heterocycles. The van der Waals surface area contributed by atoms with Gasteiger partial charge in [-0.2, -0.15) is 5.10 Å². The monoisotopic (exact) mass is 466 g/mol. The Hall–Kier alpha value is -3.31. The van der Waals surface area contributed by atoms with Gasteiger partial charge in [0.15, 0.2) is 33.6 Å². The molecule has 1 aromatic carbocycles. The zero-order chi connectivity index (χ0) is 23.0. The highest BCUT2D eigenvalue weighted by Crippen LogP contribution is 2.44. The Balaban J connectivity index is 1.52. The lowest BCUT2D eigenvalue weighted by atomic mass is 10.1. The number of H-pyrrole nitrogens is 1. The number of anilines is 1. The van der Waals surface area contributed by atoms with Crippen molar-refractivity contribution in [3.8, 4) is 22.8 Å². The van der Waals surface area contributed by atoms with Crippen molar-refractivity contribution in [2.75, 3.05) is 19.1 Å². The molecular formula is C22H26N8O2S. The van der Waals surface area contributed by atoms with Crippen molar-refractivity contribution in [1.29, 1.82) is 0 Å². The second-order valence-electron chi connectivity index (χ2n) is 8.78. The Bertz CT molecular complexity index is 1280. The minimum atomic E-state index is 0.0622. The van der Waals surface area contributed by atoms with E-state index in [2.05, 4.69) is 50.8 Å². The smallest absolute Gasteiger partial charge is 0.231 e. The van der Waals surface area contributed by atoms with Gasteiger partial charge in [-0.05, 0) is 51.9 Å². The zero-order valence-corrected chi connectivity index (χ0v) is 19.6. The highest BCUT2D eigenvalue weighted by atomic mass is 32.2. The SMILES string of the molecule is CC(C)(C)NCCCn1c(Sc2cc3c(cc2-c2ccn[nH]2)OCO3)nc2c(N)ncnc21. The summed E-state index contributed by atoms with van der Waals surface area (Å²) in [7, 11) is 0. The van der Waals surface area contributed by atoms with E-state index in [0.29, 0.717) is 22.8 Å². The normalized spacial score (nSPS) is 13.2. The molecule has 0 bridgehead atoms. The quantitative estimate of drug-likeness (QED) is 0.351. The molecule has 0 atom stereocenters. The summed E-state index contributed by atoms with van der Waals surface area (Å²) in [5.41, 5.74) is 9.35. The number of benzene rings is 1. The number of nitrogens with zero attached hydrogens (tertiary/aromatic N) is 5. The maximum Gasteiger partial charge on any atom is 0.231 e. The fourth-order valence-electron chi connectivity index (χ4n) is 3.64. The Morgan fingerprint density at radius 1 is 1.21 bits per heavy atom. The van der Waals surface area contributed by atoms with Crippen LogP contribution in [0.15, 0.2) is 40.8 Å². The molecule has 0 radical (unpaired) electrons. The number of nitrogens with one attached hydrogen (secondary N) is 2. The van der Waals surface area contributed by atoms with Crippen LogP contribution in [0.1, 0.15) is 27.2 Å². The minimum Gasteiger partial charge on any atom is -0.454 e. The molecule has 0 aliphatic carbocycles. The number of aromatic nitrogens is 6. The molecule has 4 aromatic rings. The van der Waals surface area contributed by atoms with Gasteiger partial charge >= 0.3 is 0 Å². The van der Waals surface area contributed by atoms with Crippen molar-refractivity contribution in [2.45, 2.75) is 49.3 Å². The second kappa shape index (κ2) is 8.56. The van der Waals surface area contributed by atoms with Gasteiger partial charge in [0.1, 0.15) is 6.33 Å². The summed E-state index contributed by atoms with van der Waals surface area (Å²) >= 11 is 1.53. The molecule has 172 valence electrons. The summed E-state index contributed by atoms with van der Waals surface area (Å²) in [6.07, 6.45) is 4.12. The molecule has 0 fully saturated rings. The number of imidazole rings is 1. The molecule has 1 aliphatic rings. The van der Waals surface area contributed by atoms with Crippen LogP contribution in [0.3, 0.4) is 0 Å². The second-order valence-corrected chi connectivity index (χ2v) is 9.79. The van der Waals surface area contributed by atoms with Crippen LogP contribution in [-0.2, 0) is 6.54 Å². The number of aromatic amines is 1. The third kappa shape index (κ3) is 4.46. The van der Waals surface area contributed by atoms with E-state index in [1.807, 2.05) is 18.2 Å². The number of ether oxygens (including phenoxy) is 2. The zero-order valence-electron chi connectivity index (χ0n) is 18.8. The Kier molecular flexibility index (Phi) is 5.59. The summed E-state index contributed by atoms with van der Waals surface area (Å²) in [4.78, 5) is 14.4. The fourth-order valence-corrected chi connectivity index (χ4v) is 4.70. The molecule has 1 aliphatic heterocycles. The van der Waals surface area contributed by atoms with E-state index in [9.17, 15) is 0 Å². The van der Waals surface area contributed by atoms with Gasteiger partial charge in [0, 0.05) is 28.7 Å². The number of hydrogen-bond donors (Lipinski definition) is 3. The van der Waals surface area contributed by atoms with Gasteiger partial charge in [-0.3, -0.25) is 5.10 Å². The molecule has 0 spiro atoms. The van der Waals surface area contributed by atoms with Crippen molar-refractivity contribution < 1.29 is 9.47 Å². The lowest BCUT2D eigenvalue weighted by molar-refractivity contribution is 0.174. The van der Waals surface area contributed by atoms with Gasteiger partial charge in [0.2, 0.25) is 6.79 Å². The number of aryl methyl sites for hydroxylation is 1. The third-order valence-corrected chi connectivity index (χ3v) is 6.26. The molecule has 4 N–H and O–H groups in total. The van der Waals surface area contributed by atoms with Crippen LogP contribution in [0.25, 0.3) is 22.4 Å². The highest BCUT2D eigenvalue weighted by Gasteiger charge is 2.22. The Morgan fingerprint density at radius 2 is 2.03 bits per heavy atom. The van der Waals surface area contributed by atoms with Crippen LogP contribution in [0.5, 0.6) is 11.5 Å². The van der Waals surface area contributed by atoms with E-state index in [-0.39, 0.29) is 12.3 Å². The molecule has 3 aromatic heterocycles.